The van der Waals surface area contributed by atoms with Crippen LogP contribution in [0.25, 0.3) is 0 Å². The third-order valence-corrected chi connectivity index (χ3v) is 6.15. The van der Waals surface area contributed by atoms with Crippen LogP contribution in [-0.4, -0.2) is 37.0 Å². The summed E-state index contributed by atoms with van der Waals surface area (Å²) in [6.07, 6.45) is 1.68. The van der Waals surface area contributed by atoms with E-state index in [9.17, 15) is 14.4 Å². The Morgan fingerprint density at radius 1 is 0.857 bits per heavy atom. The molecule has 3 aromatic carbocycles. The van der Waals surface area contributed by atoms with Crippen LogP contribution in [0.4, 0.5) is 11.4 Å². The van der Waals surface area contributed by atoms with Crippen LogP contribution in [0.1, 0.15) is 39.1 Å². The van der Waals surface area contributed by atoms with Crippen molar-refractivity contribution in [2.24, 2.45) is 0 Å². The summed E-state index contributed by atoms with van der Waals surface area (Å²) in [4.78, 5) is 37.4. The third kappa shape index (κ3) is 7.24. The van der Waals surface area contributed by atoms with Gasteiger partial charge in [0.05, 0.1) is 12.0 Å². The van der Waals surface area contributed by atoms with Crippen LogP contribution >= 0.6 is 15.9 Å². The van der Waals surface area contributed by atoms with Crippen molar-refractivity contribution in [1.29, 1.82) is 0 Å². The molecule has 1 fully saturated rings. The highest BCUT2D eigenvalue weighted by molar-refractivity contribution is 9.10. The quantitative estimate of drug-likeness (QED) is 0.378. The summed E-state index contributed by atoms with van der Waals surface area (Å²) in [6, 6.07) is 21.0. The van der Waals surface area contributed by atoms with Gasteiger partial charge in [0.2, 0.25) is 5.91 Å². The predicted molar refractivity (Wildman–Crippen MR) is 139 cm³/mol. The molecule has 0 unspecified atom stereocenters. The van der Waals surface area contributed by atoms with Gasteiger partial charge in [0, 0.05) is 21.4 Å². The SMILES string of the molecule is O=C(Cc1ccc(NC(=O)c2ccc(Br)cc2)cc1)Nc1cccc(C(=O)OC2CCNCC2)c1. The average Bonchev–Trinajstić information content (AvgIpc) is 2.86. The molecular weight excluding hydrogens is 510 g/mol. The maximum absolute atomic E-state index is 12.5. The summed E-state index contributed by atoms with van der Waals surface area (Å²) in [5.41, 5.74) is 2.94. The van der Waals surface area contributed by atoms with E-state index in [1.165, 1.54) is 0 Å². The highest BCUT2D eigenvalue weighted by Gasteiger charge is 2.19. The third-order valence-electron chi connectivity index (χ3n) is 5.62. The van der Waals surface area contributed by atoms with E-state index in [0.29, 0.717) is 22.5 Å². The maximum Gasteiger partial charge on any atom is 0.338 e. The van der Waals surface area contributed by atoms with Crippen molar-refractivity contribution in [2.75, 3.05) is 23.7 Å². The lowest BCUT2D eigenvalue weighted by molar-refractivity contribution is -0.115. The summed E-state index contributed by atoms with van der Waals surface area (Å²) in [6.45, 7) is 1.68. The van der Waals surface area contributed by atoms with Gasteiger partial charge < -0.3 is 20.7 Å². The Labute approximate surface area is 212 Å². The Morgan fingerprint density at radius 3 is 2.29 bits per heavy atom. The van der Waals surface area contributed by atoms with Crippen molar-refractivity contribution < 1.29 is 19.1 Å². The second-order valence-electron chi connectivity index (χ2n) is 8.32. The van der Waals surface area contributed by atoms with Crippen LogP contribution in [0.2, 0.25) is 0 Å². The van der Waals surface area contributed by atoms with Crippen LogP contribution in [-0.2, 0) is 16.0 Å². The Hall–Kier alpha value is -3.49. The highest BCUT2D eigenvalue weighted by Crippen LogP contribution is 2.17. The molecular formula is C27H26BrN3O4. The molecule has 1 aliphatic heterocycles. The number of halogens is 1. The minimum Gasteiger partial charge on any atom is -0.459 e. The number of carbonyl (C=O) groups excluding carboxylic acids is 3. The first kappa shape index (κ1) is 24.6. The minimum absolute atomic E-state index is 0.0791. The van der Waals surface area contributed by atoms with Gasteiger partial charge in [-0.3, -0.25) is 9.59 Å². The summed E-state index contributed by atoms with van der Waals surface area (Å²) in [5, 5.41) is 8.91. The van der Waals surface area contributed by atoms with Gasteiger partial charge in [0.25, 0.3) is 5.91 Å². The molecule has 0 radical (unpaired) electrons. The number of hydrogen-bond donors (Lipinski definition) is 3. The predicted octanol–water partition coefficient (Wildman–Crippen LogP) is 4.79. The summed E-state index contributed by atoms with van der Waals surface area (Å²) in [7, 11) is 0. The normalized spacial score (nSPS) is 13.6. The highest BCUT2D eigenvalue weighted by atomic mass is 79.9. The largest absolute Gasteiger partial charge is 0.459 e. The molecule has 7 nitrogen and oxygen atoms in total. The molecule has 1 aliphatic rings. The van der Waals surface area contributed by atoms with E-state index in [2.05, 4.69) is 31.9 Å². The molecule has 1 saturated heterocycles. The molecule has 180 valence electrons. The van der Waals surface area contributed by atoms with Crippen LogP contribution in [0.3, 0.4) is 0 Å². The molecule has 0 aromatic heterocycles. The molecule has 4 rings (SSSR count). The van der Waals surface area contributed by atoms with Gasteiger partial charge in [-0.1, -0.05) is 34.1 Å². The molecule has 8 heteroatoms. The van der Waals surface area contributed by atoms with E-state index in [-0.39, 0.29) is 30.3 Å². The number of amides is 2. The van der Waals surface area contributed by atoms with Crippen LogP contribution in [0.15, 0.2) is 77.3 Å². The van der Waals surface area contributed by atoms with Gasteiger partial charge in [-0.2, -0.15) is 0 Å². The number of benzene rings is 3. The molecule has 35 heavy (non-hydrogen) atoms. The average molecular weight is 536 g/mol. The van der Waals surface area contributed by atoms with E-state index in [1.807, 2.05) is 12.1 Å². The summed E-state index contributed by atoms with van der Waals surface area (Å²) < 4.78 is 6.48. The Kier molecular flexibility index (Phi) is 8.28. The molecule has 1 heterocycles. The Bertz CT molecular complexity index is 1190. The first-order valence-electron chi connectivity index (χ1n) is 11.4. The van der Waals surface area contributed by atoms with E-state index in [0.717, 1.165) is 36.0 Å². The summed E-state index contributed by atoms with van der Waals surface area (Å²) >= 11 is 3.35. The van der Waals surface area contributed by atoms with Crippen molar-refractivity contribution >= 4 is 45.1 Å². The number of piperidine rings is 1. The molecule has 0 aliphatic carbocycles. The fourth-order valence-electron chi connectivity index (χ4n) is 3.76. The van der Waals surface area contributed by atoms with Gasteiger partial charge in [0.15, 0.2) is 0 Å². The molecule has 2 amide bonds. The lowest BCUT2D eigenvalue weighted by atomic mass is 10.1. The second-order valence-corrected chi connectivity index (χ2v) is 9.23. The van der Waals surface area contributed by atoms with Crippen LogP contribution in [0, 0.1) is 0 Å². The van der Waals surface area contributed by atoms with Crippen molar-refractivity contribution in [3.8, 4) is 0 Å². The van der Waals surface area contributed by atoms with E-state index < -0.39 is 0 Å². The smallest absolute Gasteiger partial charge is 0.338 e. The molecule has 3 aromatic rings. The van der Waals surface area contributed by atoms with E-state index in [1.54, 1.807) is 60.7 Å². The number of carbonyl (C=O) groups is 3. The molecule has 0 bridgehead atoms. The lowest BCUT2D eigenvalue weighted by Crippen LogP contribution is -2.33. The number of anilines is 2. The molecule has 0 atom stereocenters. The van der Waals surface area contributed by atoms with Gasteiger partial charge in [0.1, 0.15) is 6.10 Å². The number of rotatable bonds is 7. The number of nitrogens with one attached hydrogen (secondary N) is 3. The van der Waals surface area contributed by atoms with Crippen molar-refractivity contribution in [2.45, 2.75) is 25.4 Å². The number of hydrogen-bond acceptors (Lipinski definition) is 5. The first-order chi connectivity index (χ1) is 17.0. The first-order valence-corrected chi connectivity index (χ1v) is 12.2. The zero-order valence-corrected chi connectivity index (χ0v) is 20.6. The minimum atomic E-state index is -0.381. The Balaban J connectivity index is 1.29. The standard InChI is InChI=1S/C27H26BrN3O4/c28-21-8-6-19(7-9-21)26(33)31-22-10-4-18(5-11-22)16-25(32)30-23-3-1-2-20(17-23)27(34)35-24-12-14-29-15-13-24/h1-11,17,24,29H,12-16H2,(H,30,32)(H,31,33). The van der Waals surface area contributed by atoms with Crippen LogP contribution in [0.5, 0.6) is 0 Å². The molecule has 0 saturated carbocycles. The zero-order chi connectivity index (χ0) is 24.6. The van der Waals surface area contributed by atoms with Crippen molar-refractivity contribution in [1.82, 2.24) is 5.32 Å². The second kappa shape index (κ2) is 11.8. The fraction of sp³-hybridized carbons (Fsp3) is 0.222. The van der Waals surface area contributed by atoms with E-state index >= 15 is 0 Å². The van der Waals surface area contributed by atoms with Gasteiger partial charge in [-0.05, 0) is 86.1 Å². The maximum atomic E-state index is 12.5. The Morgan fingerprint density at radius 2 is 1.57 bits per heavy atom. The van der Waals surface area contributed by atoms with Crippen molar-refractivity contribution in [3.63, 3.8) is 0 Å². The zero-order valence-electron chi connectivity index (χ0n) is 19.1. The topological polar surface area (TPSA) is 96.5 Å². The lowest BCUT2D eigenvalue weighted by Gasteiger charge is -2.22. The monoisotopic (exact) mass is 535 g/mol. The van der Waals surface area contributed by atoms with Crippen LogP contribution < -0.4 is 16.0 Å². The number of esters is 1. The van der Waals surface area contributed by atoms with Gasteiger partial charge in [-0.25, -0.2) is 4.79 Å². The van der Waals surface area contributed by atoms with Gasteiger partial charge >= 0.3 is 5.97 Å². The number of ether oxygens (including phenoxy) is 1. The fourth-order valence-corrected chi connectivity index (χ4v) is 4.02. The van der Waals surface area contributed by atoms with Crippen molar-refractivity contribution in [3.05, 3.63) is 94.0 Å². The molecule has 3 N–H and O–H groups in total. The van der Waals surface area contributed by atoms with Gasteiger partial charge in [-0.15, -0.1) is 0 Å². The van der Waals surface area contributed by atoms with E-state index in [4.69, 9.17) is 4.74 Å². The molecule has 0 spiro atoms. The summed E-state index contributed by atoms with van der Waals surface area (Å²) in [5.74, 6) is -0.796.